The van der Waals surface area contributed by atoms with E-state index in [0.29, 0.717) is 0 Å². The molecule has 0 saturated heterocycles. The predicted molar refractivity (Wildman–Crippen MR) is 43.3 cm³/mol. The smallest absolute Gasteiger partial charge is 0.103 e. The maximum atomic E-state index is 9.37. The molecule has 2 nitrogen and oxygen atoms in total. The number of hydrogen-bond donors (Lipinski definition) is 1. The lowest BCUT2D eigenvalue weighted by Crippen LogP contribution is -2.18. The second-order valence-electron chi connectivity index (χ2n) is 3.39. The van der Waals surface area contributed by atoms with E-state index in [1.165, 1.54) is 0 Å². The van der Waals surface area contributed by atoms with Crippen LogP contribution in [0.5, 0.6) is 0 Å². The van der Waals surface area contributed by atoms with Gasteiger partial charge >= 0.3 is 0 Å². The van der Waals surface area contributed by atoms with E-state index < -0.39 is 5.60 Å². The van der Waals surface area contributed by atoms with Gasteiger partial charge < -0.3 is 9.52 Å². The quantitative estimate of drug-likeness (QED) is 0.722. The van der Waals surface area contributed by atoms with Crippen LogP contribution in [0.25, 0.3) is 0 Å². The van der Waals surface area contributed by atoms with Gasteiger partial charge in [0.05, 0.1) is 11.9 Å². The van der Waals surface area contributed by atoms with Crippen LogP contribution < -0.4 is 0 Å². The number of hydrogen-bond acceptors (Lipinski definition) is 2. The standard InChI is InChI=1S/C9H14O2/c1-9(2,10)6-5-8-4-3-7-11-8/h3-4,7,10H,5-6H2,1-2H3. The second-order valence-corrected chi connectivity index (χ2v) is 3.39. The molecule has 62 valence electrons. The molecular weight excluding hydrogens is 140 g/mol. The summed E-state index contributed by atoms with van der Waals surface area (Å²) in [7, 11) is 0. The fourth-order valence-electron chi connectivity index (χ4n) is 0.884. The van der Waals surface area contributed by atoms with E-state index >= 15 is 0 Å². The predicted octanol–water partition coefficient (Wildman–Crippen LogP) is 1.98. The molecule has 0 saturated carbocycles. The molecule has 1 rings (SSSR count). The summed E-state index contributed by atoms with van der Waals surface area (Å²) in [6.45, 7) is 3.60. The molecule has 1 aromatic rings. The fraction of sp³-hybridized carbons (Fsp3) is 0.556. The average Bonchev–Trinajstić information content (AvgIpc) is 2.32. The molecule has 2 heteroatoms. The molecule has 1 heterocycles. The second kappa shape index (κ2) is 3.09. The van der Waals surface area contributed by atoms with Gasteiger partial charge in [-0.1, -0.05) is 0 Å². The first kappa shape index (κ1) is 8.34. The van der Waals surface area contributed by atoms with E-state index in [9.17, 15) is 5.11 Å². The molecule has 1 aromatic heterocycles. The normalized spacial score (nSPS) is 11.9. The van der Waals surface area contributed by atoms with Crippen molar-refractivity contribution in [2.45, 2.75) is 32.3 Å². The van der Waals surface area contributed by atoms with Crippen LogP contribution in [0, 0.1) is 0 Å². The number of furan rings is 1. The summed E-state index contributed by atoms with van der Waals surface area (Å²) in [4.78, 5) is 0. The van der Waals surface area contributed by atoms with Crippen LogP contribution in [-0.2, 0) is 6.42 Å². The van der Waals surface area contributed by atoms with Crippen LogP contribution in [0.3, 0.4) is 0 Å². The molecule has 0 atom stereocenters. The van der Waals surface area contributed by atoms with Crippen molar-refractivity contribution in [1.29, 1.82) is 0 Å². The van der Waals surface area contributed by atoms with Gasteiger partial charge in [-0.3, -0.25) is 0 Å². The minimum atomic E-state index is -0.590. The van der Waals surface area contributed by atoms with Gasteiger partial charge in [0.15, 0.2) is 0 Å². The Kier molecular flexibility index (Phi) is 2.35. The number of rotatable bonds is 3. The van der Waals surface area contributed by atoms with Gasteiger partial charge in [-0.15, -0.1) is 0 Å². The van der Waals surface area contributed by atoms with Gasteiger partial charge in [-0.2, -0.15) is 0 Å². The topological polar surface area (TPSA) is 33.4 Å². The molecule has 0 aliphatic carbocycles. The first-order valence-electron chi connectivity index (χ1n) is 3.83. The summed E-state index contributed by atoms with van der Waals surface area (Å²) in [5.74, 6) is 0.937. The van der Waals surface area contributed by atoms with Crippen LogP contribution in [0.2, 0.25) is 0 Å². The largest absolute Gasteiger partial charge is 0.469 e. The van der Waals surface area contributed by atoms with E-state index in [1.54, 1.807) is 20.1 Å². The Labute approximate surface area is 66.8 Å². The summed E-state index contributed by atoms with van der Waals surface area (Å²) >= 11 is 0. The zero-order valence-electron chi connectivity index (χ0n) is 7.00. The van der Waals surface area contributed by atoms with Crippen molar-refractivity contribution in [1.82, 2.24) is 0 Å². The van der Waals surface area contributed by atoms with Gasteiger partial charge in [0.1, 0.15) is 5.76 Å². The van der Waals surface area contributed by atoms with Crippen molar-refractivity contribution in [3.8, 4) is 0 Å². The third-order valence-corrected chi connectivity index (χ3v) is 1.56. The van der Waals surface area contributed by atoms with E-state index in [2.05, 4.69) is 0 Å². The zero-order chi connectivity index (χ0) is 8.32. The molecule has 11 heavy (non-hydrogen) atoms. The molecule has 0 aliphatic rings. The SMILES string of the molecule is CC(C)(O)CCc1ccco1. The Hall–Kier alpha value is -0.760. The highest BCUT2D eigenvalue weighted by atomic mass is 16.3. The maximum absolute atomic E-state index is 9.37. The van der Waals surface area contributed by atoms with Crippen LogP contribution in [-0.4, -0.2) is 10.7 Å². The monoisotopic (exact) mass is 154 g/mol. The molecule has 0 unspecified atom stereocenters. The van der Waals surface area contributed by atoms with Gasteiger partial charge in [0, 0.05) is 6.42 Å². The van der Waals surface area contributed by atoms with E-state index in [-0.39, 0.29) is 0 Å². The van der Waals surface area contributed by atoms with Crippen molar-refractivity contribution in [3.63, 3.8) is 0 Å². The van der Waals surface area contributed by atoms with Gasteiger partial charge in [0.2, 0.25) is 0 Å². The molecule has 0 spiro atoms. The van der Waals surface area contributed by atoms with Gasteiger partial charge in [-0.25, -0.2) is 0 Å². The van der Waals surface area contributed by atoms with Crippen LogP contribution >= 0.6 is 0 Å². The summed E-state index contributed by atoms with van der Waals surface area (Å²) < 4.78 is 5.12. The summed E-state index contributed by atoms with van der Waals surface area (Å²) in [6.07, 6.45) is 3.19. The molecule has 0 aliphatic heterocycles. The van der Waals surface area contributed by atoms with E-state index in [1.807, 2.05) is 12.1 Å². The molecule has 0 aromatic carbocycles. The Morgan fingerprint density at radius 2 is 2.27 bits per heavy atom. The third kappa shape index (κ3) is 3.23. The molecule has 1 N–H and O–H groups in total. The number of aryl methyl sites for hydroxylation is 1. The number of aliphatic hydroxyl groups is 1. The average molecular weight is 154 g/mol. The van der Waals surface area contributed by atoms with Crippen LogP contribution in [0.4, 0.5) is 0 Å². The first-order valence-corrected chi connectivity index (χ1v) is 3.83. The fourth-order valence-corrected chi connectivity index (χ4v) is 0.884. The summed E-state index contributed by atoms with van der Waals surface area (Å²) in [5.41, 5.74) is -0.590. The van der Waals surface area contributed by atoms with Crippen molar-refractivity contribution in [2.75, 3.05) is 0 Å². The van der Waals surface area contributed by atoms with E-state index in [4.69, 9.17) is 4.42 Å². The zero-order valence-corrected chi connectivity index (χ0v) is 7.00. The lowest BCUT2D eigenvalue weighted by atomic mass is 10.0. The Bertz CT molecular complexity index is 194. The molecule has 0 fully saturated rings. The van der Waals surface area contributed by atoms with Crippen molar-refractivity contribution >= 4 is 0 Å². The van der Waals surface area contributed by atoms with Gasteiger partial charge in [-0.05, 0) is 32.4 Å². The Balaban J connectivity index is 2.35. The Morgan fingerprint density at radius 3 is 2.73 bits per heavy atom. The lowest BCUT2D eigenvalue weighted by Gasteiger charge is -2.15. The minimum absolute atomic E-state index is 0.590. The van der Waals surface area contributed by atoms with Crippen molar-refractivity contribution in [2.24, 2.45) is 0 Å². The molecule has 0 amide bonds. The third-order valence-electron chi connectivity index (χ3n) is 1.56. The van der Waals surface area contributed by atoms with Crippen molar-refractivity contribution in [3.05, 3.63) is 24.2 Å². The Morgan fingerprint density at radius 1 is 1.55 bits per heavy atom. The highest BCUT2D eigenvalue weighted by Crippen LogP contribution is 2.12. The molecule has 0 bridgehead atoms. The van der Waals surface area contributed by atoms with Crippen LogP contribution in [0.1, 0.15) is 26.0 Å². The molecule has 0 radical (unpaired) electrons. The maximum Gasteiger partial charge on any atom is 0.103 e. The molecular formula is C9H14O2. The minimum Gasteiger partial charge on any atom is -0.469 e. The summed E-state index contributed by atoms with van der Waals surface area (Å²) in [5, 5.41) is 9.37. The lowest BCUT2D eigenvalue weighted by molar-refractivity contribution is 0.0698. The van der Waals surface area contributed by atoms with Crippen LogP contribution in [0.15, 0.2) is 22.8 Å². The van der Waals surface area contributed by atoms with E-state index in [0.717, 1.165) is 18.6 Å². The summed E-state index contributed by atoms with van der Waals surface area (Å²) in [6, 6.07) is 3.78. The van der Waals surface area contributed by atoms with Gasteiger partial charge in [0.25, 0.3) is 0 Å². The first-order chi connectivity index (χ1) is 5.08. The highest BCUT2D eigenvalue weighted by molar-refractivity contribution is 4.98. The highest BCUT2D eigenvalue weighted by Gasteiger charge is 2.12. The van der Waals surface area contributed by atoms with Crippen molar-refractivity contribution < 1.29 is 9.52 Å².